The van der Waals surface area contributed by atoms with Crippen molar-refractivity contribution in [2.75, 3.05) is 32.8 Å². The molecule has 3 heterocycles. The minimum absolute atomic E-state index is 0.0118. The SMILES string of the molecule is O=C(CCc1nc(-c2ccco2)no1)N1CCN(C(=O)COc2ccc(Cl)cc2)CC1. The Balaban J connectivity index is 1.19. The molecule has 1 fully saturated rings. The van der Waals surface area contributed by atoms with Crippen molar-refractivity contribution < 1.29 is 23.3 Å². The van der Waals surface area contributed by atoms with Gasteiger partial charge in [0.15, 0.2) is 12.4 Å². The Kier molecular flexibility index (Phi) is 6.51. The second-order valence-corrected chi connectivity index (χ2v) is 7.43. The maximum absolute atomic E-state index is 12.5. The Morgan fingerprint density at radius 3 is 2.42 bits per heavy atom. The van der Waals surface area contributed by atoms with Crippen LogP contribution in [0.3, 0.4) is 0 Å². The Labute approximate surface area is 183 Å². The summed E-state index contributed by atoms with van der Waals surface area (Å²) in [5.41, 5.74) is 0. The van der Waals surface area contributed by atoms with Crippen molar-refractivity contribution in [3.05, 3.63) is 53.6 Å². The van der Waals surface area contributed by atoms with Gasteiger partial charge in [-0.05, 0) is 36.4 Å². The zero-order chi connectivity index (χ0) is 21.6. The Hall–Kier alpha value is -3.33. The van der Waals surface area contributed by atoms with E-state index >= 15 is 0 Å². The van der Waals surface area contributed by atoms with Crippen molar-refractivity contribution >= 4 is 23.4 Å². The quantitative estimate of drug-likeness (QED) is 0.552. The van der Waals surface area contributed by atoms with Gasteiger partial charge >= 0.3 is 0 Å². The molecule has 1 saturated heterocycles. The zero-order valence-electron chi connectivity index (χ0n) is 16.7. The highest BCUT2D eigenvalue weighted by molar-refractivity contribution is 6.30. The van der Waals surface area contributed by atoms with E-state index in [1.54, 1.807) is 46.2 Å². The van der Waals surface area contributed by atoms with Gasteiger partial charge in [-0.3, -0.25) is 9.59 Å². The fourth-order valence-electron chi connectivity index (χ4n) is 3.21. The average molecular weight is 445 g/mol. The van der Waals surface area contributed by atoms with E-state index in [9.17, 15) is 9.59 Å². The number of halogens is 1. The number of benzene rings is 1. The van der Waals surface area contributed by atoms with E-state index in [-0.39, 0.29) is 24.8 Å². The molecule has 1 aromatic carbocycles. The largest absolute Gasteiger partial charge is 0.484 e. The summed E-state index contributed by atoms with van der Waals surface area (Å²) in [5, 5.41) is 4.46. The van der Waals surface area contributed by atoms with E-state index in [2.05, 4.69) is 10.1 Å². The van der Waals surface area contributed by atoms with Gasteiger partial charge in [0.2, 0.25) is 17.6 Å². The van der Waals surface area contributed by atoms with Crippen LogP contribution in [0, 0.1) is 0 Å². The van der Waals surface area contributed by atoms with E-state index in [0.29, 0.717) is 60.8 Å². The van der Waals surface area contributed by atoms with Crippen LogP contribution in [-0.2, 0) is 16.0 Å². The minimum Gasteiger partial charge on any atom is -0.484 e. The number of carbonyl (C=O) groups excluding carboxylic acids is 2. The molecule has 162 valence electrons. The zero-order valence-corrected chi connectivity index (χ0v) is 17.5. The fourth-order valence-corrected chi connectivity index (χ4v) is 3.33. The van der Waals surface area contributed by atoms with Gasteiger partial charge < -0.3 is 23.5 Å². The predicted molar refractivity (Wildman–Crippen MR) is 110 cm³/mol. The standard InChI is InChI=1S/C21H21ClN4O5/c22-15-3-5-16(6-4-15)30-14-20(28)26-11-9-25(10-12-26)19(27)8-7-18-23-21(24-31-18)17-2-1-13-29-17/h1-6,13H,7-12,14H2. The van der Waals surface area contributed by atoms with Crippen molar-refractivity contribution in [1.82, 2.24) is 19.9 Å². The molecule has 31 heavy (non-hydrogen) atoms. The first kappa shape index (κ1) is 20.9. The van der Waals surface area contributed by atoms with E-state index in [4.69, 9.17) is 25.3 Å². The maximum Gasteiger partial charge on any atom is 0.260 e. The highest BCUT2D eigenvalue weighted by Gasteiger charge is 2.24. The molecule has 0 radical (unpaired) electrons. The second-order valence-electron chi connectivity index (χ2n) is 6.99. The number of furan rings is 1. The van der Waals surface area contributed by atoms with Crippen molar-refractivity contribution in [3.8, 4) is 17.3 Å². The maximum atomic E-state index is 12.5. The first-order valence-corrected chi connectivity index (χ1v) is 10.3. The summed E-state index contributed by atoms with van der Waals surface area (Å²) < 4.78 is 15.9. The normalized spacial score (nSPS) is 14.0. The molecular formula is C21H21ClN4O5. The van der Waals surface area contributed by atoms with Gasteiger partial charge in [0.05, 0.1) is 6.26 Å². The number of amides is 2. The van der Waals surface area contributed by atoms with Gasteiger partial charge in [0.25, 0.3) is 5.91 Å². The molecule has 10 heteroatoms. The summed E-state index contributed by atoms with van der Waals surface area (Å²) in [6.07, 6.45) is 2.14. The summed E-state index contributed by atoms with van der Waals surface area (Å²) in [6.45, 7) is 1.85. The number of nitrogens with zero attached hydrogens (tertiary/aromatic N) is 4. The highest BCUT2D eigenvalue weighted by atomic mass is 35.5. The molecule has 1 aliphatic rings. The molecule has 0 saturated carbocycles. The van der Waals surface area contributed by atoms with E-state index in [0.717, 1.165) is 0 Å². The first-order valence-electron chi connectivity index (χ1n) is 9.89. The summed E-state index contributed by atoms with van der Waals surface area (Å²) in [4.78, 5) is 32.5. The summed E-state index contributed by atoms with van der Waals surface area (Å²) in [7, 11) is 0. The topological polar surface area (TPSA) is 102 Å². The smallest absolute Gasteiger partial charge is 0.260 e. The van der Waals surface area contributed by atoms with Crippen LogP contribution in [0.2, 0.25) is 5.02 Å². The van der Waals surface area contributed by atoms with Crippen LogP contribution in [0.4, 0.5) is 0 Å². The van der Waals surface area contributed by atoms with Crippen LogP contribution >= 0.6 is 11.6 Å². The number of hydrogen-bond donors (Lipinski definition) is 0. The number of rotatable bonds is 7. The number of carbonyl (C=O) groups is 2. The van der Waals surface area contributed by atoms with Gasteiger partial charge in [-0.1, -0.05) is 16.8 Å². The summed E-state index contributed by atoms with van der Waals surface area (Å²) >= 11 is 5.84. The minimum atomic E-state index is -0.113. The van der Waals surface area contributed by atoms with Crippen molar-refractivity contribution in [1.29, 1.82) is 0 Å². The van der Waals surface area contributed by atoms with Gasteiger partial charge in [0, 0.05) is 44.0 Å². The fraction of sp³-hybridized carbons (Fsp3) is 0.333. The molecule has 4 rings (SSSR count). The lowest BCUT2D eigenvalue weighted by atomic mass is 10.2. The molecule has 0 atom stereocenters. The lowest BCUT2D eigenvalue weighted by Gasteiger charge is -2.34. The molecular weight excluding hydrogens is 424 g/mol. The van der Waals surface area contributed by atoms with Crippen LogP contribution in [0.1, 0.15) is 12.3 Å². The lowest BCUT2D eigenvalue weighted by molar-refractivity contribution is -0.140. The number of hydrogen-bond acceptors (Lipinski definition) is 7. The molecule has 2 aromatic heterocycles. The Bertz CT molecular complexity index is 1010. The second kappa shape index (κ2) is 9.65. The lowest BCUT2D eigenvalue weighted by Crippen LogP contribution is -2.51. The van der Waals surface area contributed by atoms with Gasteiger partial charge in [-0.2, -0.15) is 4.98 Å². The molecule has 3 aromatic rings. The molecule has 0 N–H and O–H groups in total. The van der Waals surface area contributed by atoms with E-state index in [1.807, 2.05) is 0 Å². The number of aromatic nitrogens is 2. The Morgan fingerprint density at radius 1 is 1.03 bits per heavy atom. The molecule has 1 aliphatic heterocycles. The van der Waals surface area contributed by atoms with Gasteiger partial charge in [-0.15, -0.1) is 0 Å². The van der Waals surface area contributed by atoms with Gasteiger partial charge in [0.1, 0.15) is 5.75 Å². The molecule has 2 amide bonds. The van der Waals surface area contributed by atoms with Crippen molar-refractivity contribution in [3.63, 3.8) is 0 Å². The molecule has 0 spiro atoms. The van der Waals surface area contributed by atoms with Crippen LogP contribution in [0.25, 0.3) is 11.6 Å². The van der Waals surface area contributed by atoms with E-state index in [1.165, 1.54) is 6.26 Å². The third-order valence-corrected chi connectivity index (χ3v) is 5.18. The summed E-state index contributed by atoms with van der Waals surface area (Å²) in [6, 6.07) is 10.3. The van der Waals surface area contributed by atoms with Crippen LogP contribution in [0.15, 0.2) is 51.6 Å². The first-order chi connectivity index (χ1) is 15.1. The van der Waals surface area contributed by atoms with Crippen molar-refractivity contribution in [2.45, 2.75) is 12.8 Å². The third-order valence-electron chi connectivity index (χ3n) is 4.92. The predicted octanol–water partition coefficient (Wildman–Crippen LogP) is 2.67. The van der Waals surface area contributed by atoms with Gasteiger partial charge in [-0.25, -0.2) is 0 Å². The van der Waals surface area contributed by atoms with Crippen LogP contribution in [-0.4, -0.2) is 64.5 Å². The molecule has 9 nitrogen and oxygen atoms in total. The monoisotopic (exact) mass is 444 g/mol. The summed E-state index contributed by atoms with van der Waals surface area (Å²) in [5.74, 6) is 1.72. The van der Waals surface area contributed by atoms with E-state index < -0.39 is 0 Å². The number of aryl methyl sites for hydroxylation is 1. The molecule has 0 aliphatic carbocycles. The van der Waals surface area contributed by atoms with Crippen molar-refractivity contribution in [2.24, 2.45) is 0 Å². The Morgan fingerprint density at radius 2 is 1.74 bits per heavy atom. The molecule has 0 unspecified atom stereocenters. The number of ether oxygens (including phenoxy) is 1. The average Bonchev–Trinajstić information content (AvgIpc) is 3.49. The highest BCUT2D eigenvalue weighted by Crippen LogP contribution is 2.17. The third kappa shape index (κ3) is 5.43. The number of piperazine rings is 1. The molecule has 0 bridgehead atoms. The van der Waals surface area contributed by atoms with Crippen LogP contribution in [0.5, 0.6) is 5.75 Å². The van der Waals surface area contributed by atoms with Crippen LogP contribution < -0.4 is 4.74 Å².